The highest BCUT2D eigenvalue weighted by atomic mass is 16.6. The lowest BCUT2D eigenvalue weighted by Gasteiger charge is -2.13. The zero-order chi connectivity index (χ0) is 14.2. The standard InChI is InChI=1S/C15H16N3O2/c1-16-15(19)14(12-7-3-2-4-8-12)18-20-11-13-9-5-6-10-17-13/h2-9,13,17H,11H2,1H3,(H,16,19). The molecule has 2 rings (SSSR count). The van der Waals surface area contributed by atoms with Crippen LogP contribution in [0.4, 0.5) is 0 Å². The zero-order valence-electron chi connectivity index (χ0n) is 11.2. The van der Waals surface area contributed by atoms with E-state index in [9.17, 15) is 4.79 Å². The summed E-state index contributed by atoms with van der Waals surface area (Å²) in [7, 11) is 1.56. The molecule has 5 heteroatoms. The molecule has 0 saturated carbocycles. The summed E-state index contributed by atoms with van der Waals surface area (Å²) in [5, 5.41) is 9.50. The molecule has 0 fully saturated rings. The van der Waals surface area contributed by atoms with Gasteiger partial charge in [-0.3, -0.25) is 4.79 Å². The number of oxime groups is 1. The van der Waals surface area contributed by atoms with Gasteiger partial charge in [0, 0.05) is 12.6 Å². The Kier molecular flexibility index (Phi) is 4.94. The first-order chi connectivity index (χ1) is 9.81. The predicted molar refractivity (Wildman–Crippen MR) is 76.9 cm³/mol. The van der Waals surface area contributed by atoms with Gasteiger partial charge < -0.3 is 15.5 Å². The lowest BCUT2D eigenvalue weighted by Crippen LogP contribution is -2.31. The van der Waals surface area contributed by atoms with Crippen LogP contribution in [0.1, 0.15) is 5.56 Å². The normalized spacial score (nSPS) is 17.4. The van der Waals surface area contributed by atoms with E-state index >= 15 is 0 Å². The maximum Gasteiger partial charge on any atom is 0.273 e. The second kappa shape index (κ2) is 7.13. The summed E-state index contributed by atoms with van der Waals surface area (Å²) in [6.45, 7) is 0.324. The van der Waals surface area contributed by atoms with E-state index in [2.05, 4.69) is 22.0 Å². The Balaban J connectivity index is 2.03. The molecule has 0 saturated heterocycles. The molecular formula is C15H16N3O2. The minimum Gasteiger partial charge on any atom is -0.393 e. The molecule has 2 N–H and O–H groups in total. The van der Waals surface area contributed by atoms with Crippen molar-refractivity contribution in [3.63, 3.8) is 0 Å². The predicted octanol–water partition coefficient (Wildman–Crippen LogP) is 0.998. The molecule has 0 aliphatic carbocycles. The number of likely N-dealkylation sites (N-methyl/N-ethyl adjacent to an activating group) is 1. The quantitative estimate of drug-likeness (QED) is 0.620. The van der Waals surface area contributed by atoms with Crippen molar-refractivity contribution in [2.24, 2.45) is 5.16 Å². The van der Waals surface area contributed by atoms with Gasteiger partial charge in [-0.15, -0.1) is 0 Å². The van der Waals surface area contributed by atoms with Crippen LogP contribution in [0.5, 0.6) is 0 Å². The van der Waals surface area contributed by atoms with Crippen molar-refractivity contribution in [2.75, 3.05) is 13.7 Å². The molecule has 1 atom stereocenters. The first kappa shape index (κ1) is 13.9. The van der Waals surface area contributed by atoms with E-state index in [0.717, 1.165) is 0 Å². The van der Waals surface area contributed by atoms with Gasteiger partial charge in [-0.25, -0.2) is 0 Å². The summed E-state index contributed by atoms with van der Waals surface area (Å²) >= 11 is 0. The molecule has 1 aromatic rings. The fraction of sp³-hybridized carbons (Fsp3) is 0.200. The summed E-state index contributed by atoms with van der Waals surface area (Å²) in [6.07, 6.45) is 8.47. The highest BCUT2D eigenvalue weighted by Gasteiger charge is 2.13. The Hall–Kier alpha value is -2.56. The van der Waals surface area contributed by atoms with Crippen molar-refractivity contribution in [3.8, 4) is 0 Å². The van der Waals surface area contributed by atoms with Crippen molar-refractivity contribution in [1.82, 2.24) is 10.6 Å². The van der Waals surface area contributed by atoms with Crippen LogP contribution in [0.2, 0.25) is 0 Å². The largest absolute Gasteiger partial charge is 0.393 e. The van der Waals surface area contributed by atoms with E-state index in [1.807, 2.05) is 42.5 Å². The molecular weight excluding hydrogens is 254 g/mol. The van der Waals surface area contributed by atoms with Crippen LogP contribution in [-0.4, -0.2) is 31.3 Å². The summed E-state index contributed by atoms with van der Waals surface area (Å²) in [5.74, 6) is -0.283. The van der Waals surface area contributed by atoms with Crippen molar-refractivity contribution in [3.05, 3.63) is 60.3 Å². The first-order valence-electron chi connectivity index (χ1n) is 6.30. The minimum atomic E-state index is -0.283. The van der Waals surface area contributed by atoms with Gasteiger partial charge in [-0.05, 0) is 6.08 Å². The number of nitrogens with one attached hydrogen (secondary N) is 2. The monoisotopic (exact) mass is 270 g/mol. The van der Waals surface area contributed by atoms with E-state index in [4.69, 9.17) is 4.84 Å². The fourth-order valence-corrected chi connectivity index (χ4v) is 1.66. The van der Waals surface area contributed by atoms with Gasteiger partial charge >= 0.3 is 0 Å². The number of benzene rings is 1. The Bertz CT molecular complexity index is 535. The van der Waals surface area contributed by atoms with Gasteiger partial charge in [-0.2, -0.15) is 0 Å². The lowest BCUT2D eigenvalue weighted by atomic mass is 10.1. The van der Waals surface area contributed by atoms with Crippen molar-refractivity contribution < 1.29 is 9.63 Å². The van der Waals surface area contributed by atoms with E-state index in [1.54, 1.807) is 13.1 Å². The Labute approximate surface area is 118 Å². The second-order valence-corrected chi connectivity index (χ2v) is 4.13. The van der Waals surface area contributed by atoms with E-state index in [1.165, 1.54) is 0 Å². The van der Waals surface area contributed by atoms with Crippen LogP contribution in [0.15, 0.2) is 53.7 Å². The van der Waals surface area contributed by atoms with E-state index in [0.29, 0.717) is 12.2 Å². The maximum atomic E-state index is 11.8. The number of rotatable bonds is 5. The van der Waals surface area contributed by atoms with Gasteiger partial charge in [0.2, 0.25) is 0 Å². The minimum absolute atomic E-state index is 0.00506. The van der Waals surface area contributed by atoms with Gasteiger partial charge in [0.05, 0.1) is 12.2 Å². The third kappa shape index (κ3) is 3.71. The topological polar surface area (TPSA) is 62.7 Å². The number of nitrogens with zero attached hydrogens (tertiary/aromatic N) is 1. The van der Waals surface area contributed by atoms with Crippen molar-refractivity contribution in [1.29, 1.82) is 0 Å². The van der Waals surface area contributed by atoms with Crippen LogP contribution < -0.4 is 10.6 Å². The average Bonchev–Trinajstić information content (AvgIpc) is 2.53. The van der Waals surface area contributed by atoms with Crippen molar-refractivity contribution in [2.45, 2.75) is 6.04 Å². The molecule has 0 aromatic heterocycles. The van der Waals surface area contributed by atoms with Crippen molar-refractivity contribution >= 4 is 11.6 Å². The molecule has 1 heterocycles. The zero-order valence-corrected chi connectivity index (χ0v) is 11.2. The molecule has 0 bridgehead atoms. The molecule has 1 aromatic carbocycles. The maximum absolute atomic E-state index is 11.8. The summed E-state index contributed by atoms with van der Waals surface area (Å²) in [5.41, 5.74) is 0.970. The summed E-state index contributed by atoms with van der Waals surface area (Å²) in [4.78, 5) is 17.1. The first-order valence-corrected chi connectivity index (χ1v) is 6.30. The number of dihydropyridines is 1. The molecule has 1 radical (unpaired) electrons. The summed E-state index contributed by atoms with van der Waals surface area (Å²) < 4.78 is 0. The van der Waals surface area contributed by atoms with Crippen LogP contribution in [0.3, 0.4) is 0 Å². The number of hydrogen-bond acceptors (Lipinski definition) is 4. The number of carbonyl (C=O) groups excluding carboxylic acids is 1. The van der Waals surface area contributed by atoms with Crippen LogP contribution >= 0.6 is 0 Å². The van der Waals surface area contributed by atoms with Gasteiger partial charge in [0.15, 0.2) is 5.71 Å². The Morgan fingerprint density at radius 3 is 2.90 bits per heavy atom. The Morgan fingerprint density at radius 2 is 2.25 bits per heavy atom. The van der Waals surface area contributed by atoms with Gasteiger partial charge in [0.25, 0.3) is 5.91 Å². The molecule has 1 amide bonds. The van der Waals surface area contributed by atoms with Crippen LogP contribution in [0, 0.1) is 6.20 Å². The second-order valence-electron chi connectivity index (χ2n) is 4.13. The average molecular weight is 270 g/mol. The molecule has 103 valence electrons. The van der Waals surface area contributed by atoms with E-state index in [-0.39, 0.29) is 17.7 Å². The highest BCUT2D eigenvalue weighted by Crippen LogP contribution is 2.03. The number of hydrogen-bond donors (Lipinski definition) is 2. The number of allylic oxidation sites excluding steroid dienone is 2. The highest BCUT2D eigenvalue weighted by molar-refractivity contribution is 6.45. The molecule has 1 aliphatic rings. The molecule has 20 heavy (non-hydrogen) atoms. The third-order valence-corrected chi connectivity index (χ3v) is 2.69. The number of amides is 1. The molecule has 5 nitrogen and oxygen atoms in total. The molecule has 1 unspecified atom stereocenters. The lowest BCUT2D eigenvalue weighted by molar-refractivity contribution is -0.114. The SMILES string of the molecule is CNC(=O)C(=NOCC1C=CC=[C]N1)c1ccccc1. The Morgan fingerprint density at radius 1 is 1.45 bits per heavy atom. The van der Waals surface area contributed by atoms with E-state index < -0.39 is 0 Å². The number of carbonyl (C=O) groups is 1. The molecule has 1 aliphatic heterocycles. The fourth-order valence-electron chi connectivity index (χ4n) is 1.66. The van der Waals surface area contributed by atoms with Crippen LogP contribution in [0.25, 0.3) is 0 Å². The molecule has 0 spiro atoms. The smallest absolute Gasteiger partial charge is 0.273 e. The van der Waals surface area contributed by atoms with Crippen LogP contribution in [-0.2, 0) is 9.63 Å². The summed E-state index contributed by atoms with van der Waals surface area (Å²) in [6, 6.07) is 9.20. The van der Waals surface area contributed by atoms with Gasteiger partial charge in [-0.1, -0.05) is 47.6 Å². The third-order valence-electron chi connectivity index (χ3n) is 2.69. The van der Waals surface area contributed by atoms with Gasteiger partial charge in [0.1, 0.15) is 6.61 Å².